The molecule has 4 nitrogen and oxygen atoms in total. The van der Waals surface area contributed by atoms with E-state index in [4.69, 9.17) is 4.74 Å². The molecule has 1 amide bonds. The van der Waals surface area contributed by atoms with Crippen LogP contribution in [0.25, 0.3) is 0 Å². The largest absolute Gasteiger partial charge is 0.495 e. The number of hydrogen-bond acceptors (Lipinski definition) is 4. The average Bonchev–Trinajstić information content (AvgIpc) is 3.07. The minimum Gasteiger partial charge on any atom is -0.495 e. The lowest BCUT2D eigenvalue weighted by Gasteiger charge is -2.41. The van der Waals surface area contributed by atoms with Gasteiger partial charge in [0.15, 0.2) is 0 Å². The number of carbonyl (C=O) groups excluding carboxylic acids is 1. The number of nitrogens with zero attached hydrogens (tertiary/aromatic N) is 2. The maximum Gasteiger partial charge on any atom is 0.227 e. The highest BCUT2D eigenvalue weighted by Crippen LogP contribution is 2.29. The van der Waals surface area contributed by atoms with E-state index in [0.717, 1.165) is 36.6 Å². The minimum atomic E-state index is 0.194. The SMILES string of the molecule is COc1ccccc1N1CCN(C(=O)Cc2ccsc2)[C@H](C)C1. The molecular weight excluding hydrogens is 308 g/mol. The second kappa shape index (κ2) is 7.04. The van der Waals surface area contributed by atoms with Gasteiger partial charge >= 0.3 is 0 Å². The van der Waals surface area contributed by atoms with Crippen molar-refractivity contribution in [2.24, 2.45) is 0 Å². The van der Waals surface area contributed by atoms with Crippen LogP contribution in [-0.2, 0) is 11.2 Å². The fourth-order valence-corrected chi connectivity index (χ4v) is 3.78. The monoisotopic (exact) mass is 330 g/mol. The maximum atomic E-state index is 12.5. The molecule has 3 rings (SSSR count). The number of carbonyl (C=O) groups is 1. The standard InChI is InChI=1S/C18H22N2O2S/c1-14-12-19(16-5-3-4-6-17(16)22-2)8-9-20(14)18(21)11-15-7-10-23-13-15/h3-7,10,13-14H,8-9,11-12H2,1-2H3/t14-/m1/s1. The van der Waals surface area contributed by atoms with Gasteiger partial charge in [-0.05, 0) is 41.4 Å². The van der Waals surface area contributed by atoms with Crippen molar-refractivity contribution in [1.82, 2.24) is 4.90 Å². The van der Waals surface area contributed by atoms with Crippen LogP contribution in [-0.4, -0.2) is 43.6 Å². The average molecular weight is 330 g/mol. The number of methoxy groups -OCH3 is 1. The number of thiophene rings is 1. The first-order valence-electron chi connectivity index (χ1n) is 7.87. The summed E-state index contributed by atoms with van der Waals surface area (Å²) in [5.41, 5.74) is 2.21. The van der Waals surface area contributed by atoms with Crippen LogP contribution in [0.3, 0.4) is 0 Å². The van der Waals surface area contributed by atoms with Gasteiger partial charge in [0.25, 0.3) is 0 Å². The summed E-state index contributed by atoms with van der Waals surface area (Å²) in [6.45, 7) is 4.53. The number of benzene rings is 1. The van der Waals surface area contributed by atoms with Crippen molar-refractivity contribution < 1.29 is 9.53 Å². The molecule has 1 aromatic carbocycles. The quantitative estimate of drug-likeness (QED) is 0.864. The molecule has 122 valence electrons. The van der Waals surface area contributed by atoms with E-state index in [1.165, 1.54) is 0 Å². The van der Waals surface area contributed by atoms with Crippen LogP contribution in [0.15, 0.2) is 41.1 Å². The number of para-hydroxylation sites is 2. The van der Waals surface area contributed by atoms with Crippen LogP contribution in [0.4, 0.5) is 5.69 Å². The predicted molar refractivity (Wildman–Crippen MR) is 94.4 cm³/mol. The topological polar surface area (TPSA) is 32.8 Å². The number of rotatable bonds is 4. The molecular formula is C18H22N2O2S. The molecule has 0 aliphatic carbocycles. The maximum absolute atomic E-state index is 12.5. The lowest BCUT2D eigenvalue weighted by molar-refractivity contribution is -0.132. The Morgan fingerprint density at radius 2 is 2.13 bits per heavy atom. The summed E-state index contributed by atoms with van der Waals surface area (Å²) in [4.78, 5) is 16.8. The van der Waals surface area contributed by atoms with Crippen LogP contribution in [0.1, 0.15) is 12.5 Å². The number of hydrogen-bond donors (Lipinski definition) is 0. The Hall–Kier alpha value is -2.01. The molecule has 0 unspecified atom stereocenters. The fraction of sp³-hybridized carbons (Fsp3) is 0.389. The Bertz CT molecular complexity index is 657. The van der Waals surface area contributed by atoms with Crippen LogP contribution < -0.4 is 9.64 Å². The van der Waals surface area contributed by atoms with E-state index in [9.17, 15) is 4.79 Å². The Labute approximate surface area is 141 Å². The molecule has 1 aromatic heterocycles. The van der Waals surface area contributed by atoms with Crippen LogP contribution >= 0.6 is 11.3 Å². The summed E-state index contributed by atoms with van der Waals surface area (Å²) in [7, 11) is 1.70. The second-order valence-electron chi connectivity index (χ2n) is 5.86. The first-order chi connectivity index (χ1) is 11.2. The fourth-order valence-electron chi connectivity index (χ4n) is 3.11. The molecule has 1 atom stereocenters. The smallest absolute Gasteiger partial charge is 0.227 e. The van der Waals surface area contributed by atoms with E-state index in [0.29, 0.717) is 6.42 Å². The van der Waals surface area contributed by atoms with Gasteiger partial charge < -0.3 is 14.5 Å². The van der Waals surface area contributed by atoms with Gasteiger partial charge in [-0.3, -0.25) is 4.79 Å². The third kappa shape index (κ3) is 3.50. The summed E-state index contributed by atoms with van der Waals surface area (Å²) in [6, 6.07) is 10.3. The van der Waals surface area contributed by atoms with E-state index in [1.807, 2.05) is 39.9 Å². The van der Waals surface area contributed by atoms with E-state index < -0.39 is 0 Å². The van der Waals surface area contributed by atoms with Crippen molar-refractivity contribution in [1.29, 1.82) is 0 Å². The lowest BCUT2D eigenvalue weighted by Crippen LogP contribution is -2.54. The highest BCUT2D eigenvalue weighted by Gasteiger charge is 2.28. The lowest BCUT2D eigenvalue weighted by atomic mass is 10.1. The van der Waals surface area contributed by atoms with E-state index in [-0.39, 0.29) is 11.9 Å². The van der Waals surface area contributed by atoms with Gasteiger partial charge in [-0.1, -0.05) is 12.1 Å². The molecule has 23 heavy (non-hydrogen) atoms. The van der Waals surface area contributed by atoms with Crippen molar-refractivity contribution in [3.05, 3.63) is 46.7 Å². The molecule has 1 saturated heterocycles. The summed E-state index contributed by atoms with van der Waals surface area (Å²) in [6.07, 6.45) is 0.502. The molecule has 2 heterocycles. The Kier molecular flexibility index (Phi) is 4.86. The van der Waals surface area contributed by atoms with Crippen molar-refractivity contribution in [2.45, 2.75) is 19.4 Å². The molecule has 2 aromatic rings. The highest BCUT2D eigenvalue weighted by atomic mass is 32.1. The molecule has 1 aliphatic heterocycles. The molecule has 5 heteroatoms. The number of ether oxygens (including phenoxy) is 1. The first kappa shape index (κ1) is 15.9. The first-order valence-corrected chi connectivity index (χ1v) is 8.82. The molecule has 0 N–H and O–H groups in total. The Morgan fingerprint density at radius 1 is 1.30 bits per heavy atom. The normalized spacial score (nSPS) is 18.1. The predicted octanol–water partition coefficient (Wildman–Crippen LogP) is 3.04. The van der Waals surface area contributed by atoms with E-state index in [2.05, 4.69) is 17.9 Å². The number of anilines is 1. The highest BCUT2D eigenvalue weighted by molar-refractivity contribution is 7.08. The van der Waals surface area contributed by atoms with Gasteiger partial charge in [-0.25, -0.2) is 0 Å². The van der Waals surface area contributed by atoms with Gasteiger partial charge in [0.1, 0.15) is 5.75 Å². The minimum absolute atomic E-state index is 0.194. The third-order valence-electron chi connectivity index (χ3n) is 4.31. The molecule has 0 saturated carbocycles. The van der Waals surface area contributed by atoms with Gasteiger partial charge in [0, 0.05) is 25.7 Å². The zero-order valence-corrected chi connectivity index (χ0v) is 14.4. The Morgan fingerprint density at radius 3 is 2.83 bits per heavy atom. The van der Waals surface area contributed by atoms with Crippen molar-refractivity contribution in [3.63, 3.8) is 0 Å². The summed E-state index contributed by atoms with van der Waals surface area (Å²) >= 11 is 1.64. The number of amides is 1. The third-order valence-corrected chi connectivity index (χ3v) is 5.04. The zero-order chi connectivity index (χ0) is 16.2. The van der Waals surface area contributed by atoms with E-state index in [1.54, 1.807) is 18.4 Å². The molecule has 0 radical (unpaired) electrons. The molecule has 0 bridgehead atoms. The van der Waals surface area contributed by atoms with Crippen molar-refractivity contribution >= 4 is 22.9 Å². The molecule has 1 aliphatic rings. The number of piperazine rings is 1. The van der Waals surface area contributed by atoms with Crippen LogP contribution in [0.5, 0.6) is 5.75 Å². The zero-order valence-electron chi connectivity index (χ0n) is 13.6. The van der Waals surface area contributed by atoms with Gasteiger partial charge in [0.2, 0.25) is 5.91 Å². The van der Waals surface area contributed by atoms with E-state index >= 15 is 0 Å². The molecule has 1 fully saturated rings. The molecule has 0 spiro atoms. The van der Waals surface area contributed by atoms with Crippen molar-refractivity contribution in [3.8, 4) is 5.75 Å². The summed E-state index contributed by atoms with van der Waals surface area (Å²) < 4.78 is 5.46. The van der Waals surface area contributed by atoms with Gasteiger partial charge in [-0.2, -0.15) is 11.3 Å². The van der Waals surface area contributed by atoms with Gasteiger partial charge in [0.05, 0.1) is 19.2 Å². The van der Waals surface area contributed by atoms with Crippen LogP contribution in [0, 0.1) is 0 Å². The Balaban J connectivity index is 1.66. The van der Waals surface area contributed by atoms with Crippen LogP contribution in [0.2, 0.25) is 0 Å². The van der Waals surface area contributed by atoms with Gasteiger partial charge in [-0.15, -0.1) is 0 Å². The van der Waals surface area contributed by atoms with Crippen molar-refractivity contribution in [2.75, 3.05) is 31.6 Å². The summed E-state index contributed by atoms with van der Waals surface area (Å²) in [5.74, 6) is 1.10. The second-order valence-corrected chi connectivity index (χ2v) is 6.64. The summed E-state index contributed by atoms with van der Waals surface area (Å²) in [5, 5.41) is 4.07.